The maximum Gasteiger partial charge on any atom is 0.191 e. The second-order valence-corrected chi connectivity index (χ2v) is 6.44. The van der Waals surface area contributed by atoms with E-state index in [-0.39, 0.29) is 24.0 Å². The van der Waals surface area contributed by atoms with E-state index in [1.165, 1.54) is 18.4 Å². The van der Waals surface area contributed by atoms with E-state index >= 15 is 0 Å². The Kier molecular flexibility index (Phi) is 9.69. The molecule has 1 aliphatic rings. The fourth-order valence-corrected chi connectivity index (χ4v) is 3.51. The SMILES string of the molecule is C=CCNC(=NC)NCC1CCCN(C)C1c1cccc(Cl)c1.I. The molecule has 0 amide bonds. The number of hydrogen-bond donors (Lipinski definition) is 2. The second kappa shape index (κ2) is 10.9. The van der Waals surface area contributed by atoms with Crippen LogP contribution in [-0.4, -0.2) is 44.6 Å². The van der Waals surface area contributed by atoms with E-state index in [1.807, 2.05) is 18.2 Å². The van der Waals surface area contributed by atoms with Crippen LogP contribution in [0.4, 0.5) is 0 Å². The lowest BCUT2D eigenvalue weighted by Gasteiger charge is -2.40. The third-order valence-electron chi connectivity index (χ3n) is 4.37. The highest BCUT2D eigenvalue weighted by atomic mass is 127. The minimum absolute atomic E-state index is 0. The maximum atomic E-state index is 6.19. The summed E-state index contributed by atoms with van der Waals surface area (Å²) in [7, 11) is 3.99. The van der Waals surface area contributed by atoms with Crippen LogP contribution < -0.4 is 10.6 Å². The summed E-state index contributed by atoms with van der Waals surface area (Å²) in [6.07, 6.45) is 4.25. The lowest BCUT2D eigenvalue weighted by atomic mass is 9.85. The normalized spacial score (nSPS) is 21.7. The Hall–Kier alpha value is -0.790. The number of nitrogens with one attached hydrogen (secondary N) is 2. The van der Waals surface area contributed by atoms with Crippen molar-refractivity contribution < 1.29 is 0 Å². The van der Waals surface area contributed by atoms with Crippen LogP contribution >= 0.6 is 35.6 Å². The predicted molar refractivity (Wildman–Crippen MR) is 115 cm³/mol. The van der Waals surface area contributed by atoms with Gasteiger partial charge in [0.05, 0.1) is 0 Å². The zero-order valence-corrected chi connectivity index (χ0v) is 17.6. The van der Waals surface area contributed by atoms with Crippen molar-refractivity contribution in [3.63, 3.8) is 0 Å². The molecule has 1 heterocycles. The summed E-state index contributed by atoms with van der Waals surface area (Å²) in [5.74, 6) is 1.34. The molecule has 2 unspecified atom stereocenters. The van der Waals surface area contributed by atoms with Gasteiger partial charge in [0.1, 0.15) is 0 Å². The first-order chi connectivity index (χ1) is 11.2. The minimum atomic E-state index is 0. The first-order valence-corrected chi connectivity index (χ1v) is 8.54. The fraction of sp³-hybridized carbons (Fsp3) is 0.500. The molecule has 0 bridgehead atoms. The summed E-state index contributed by atoms with van der Waals surface area (Å²) in [4.78, 5) is 6.68. The molecule has 1 aliphatic heterocycles. The first kappa shape index (κ1) is 21.3. The van der Waals surface area contributed by atoms with Gasteiger partial charge in [0.2, 0.25) is 0 Å². The highest BCUT2D eigenvalue weighted by Gasteiger charge is 2.30. The third-order valence-corrected chi connectivity index (χ3v) is 4.60. The van der Waals surface area contributed by atoms with Gasteiger partial charge in [-0.15, -0.1) is 30.6 Å². The molecule has 6 heteroatoms. The number of halogens is 2. The number of nitrogens with zero attached hydrogens (tertiary/aromatic N) is 2. The Bertz CT molecular complexity index is 550. The van der Waals surface area contributed by atoms with Gasteiger partial charge in [0, 0.05) is 31.2 Å². The summed E-state index contributed by atoms with van der Waals surface area (Å²) in [5.41, 5.74) is 1.29. The van der Waals surface area contributed by atoms with E-state index in [4.69, 9.17) is 11.6 Å². The van der Waals surface area contributed by atoms with Crippen molar-refractivity contribution in [3.05, 3.63) is 47.5 Å². The number of benzene rings is 1. The van der Waals surface area contributed by atoms with Crippen LogP contribution in [0.15, 0.2) is 41.9 Å². The molecule has 24 heavy (non-hydrogen) atoms. The molecule has 1 saturated heterocycles. The van der Waals surface area contributed by atoms with Gasteiger partial charge in [0.25, 0.3) is 0 Å². The van der Waals surface area contributed by atoms with Crippen molar-refractivity contribution in [3.8, 4) is 0 Å². The van der Waals surface area contributed by atoms with E-state index in [0.717, 1.165) is 24.1 Å². The average molecular weight is 463 g/mol. The zero-order chi connectivity index (χ0) is 16.7. The Balaban J connectivity index is 0.00000288. The number of hydrogen-bond acceptors (Lipinski definition) is 2. The van der Waals surface area contributed by atoms with Crippen molar-refractivity contribution in [1.29, 1.82) is 0 Å². The van der Waals surface area contributed by atoms with Gasteiger partial charge in [-0.1, -0.05) is 29.8 Å². The van der Waals surface area contributed by atoms with Gasteiger partial charge >= 0.3 is 0 Å². The van der Waals surface area contributed by atoms with Gasteiger partial charge in [-0.25, -0.2) is 0 Å². The van der Waals surface area contributed by atoms with Crippen molar-refractivity contribution in [2.45, 2.75) is 18.9 Å². The van der Waals surface area contributed by atoms with E-state index in [1.54, 1.807) is 7.05 Å². The number of piperidine rings is 1. The van der Waals surface area contributed by atoms with Crippen molar-refractivity contribution >= 4 is 41.5 Å². The topological polar surface area (TPSA) is 39.7 Å². The smallest absolute Gasteiger partial charge is 0.191 e. The summed E-state index contributed by atoms with van der Waals surface area (Å²) in [6, 6.07) is 8.62. The number of rotatable bonds is 5. The lowest BCUT2D eigenvalue weighted by Crippen LogP contribution is -2.45. The van der Waals surface area contributed by atoms with Gasteiger partial charge in [-0.05, 0) is 50.0 Å². The zero-order valence-electron chi connectivity index (χ0n) is 14.5. The van der Waals surface area contributed by atoms with Crippen LogP contribution in [0, 0.1) is 5.92 Å². The van der Waals surface area contributed by atoms with E-state index in [0.29, 0.717) is 18.5 Å². The van der Waals surface area contributed by atoms with Gasteiger partial charge < -0.3 is 10.6 Å². The quantitative estimate of drug-likeness (QED) is 0.303. The molecule has 4 nitrogen and oxygen atoms in total. The van der Waals surface area contributed by atoms with E-state index < -0.39 is 0 Å². The molecular weight excluding hydrogens is 435 g/mol. The first-order valence-electron chi connectivity index (χ1n) is 8.16. The average Bonchev–Trinajstić information content (AvgIpc) is 2.55. The molecule has 0 radical (unpaired) electrons. The largest absolute Gasteiger partial charge is 0.356 e. The van der Waals surface area contributed by atoms with Gasteiger partial charge in [-0.3, -0.25) is 9.89 Å². The standard InChI is InChI=1S/C18H27ClN4.HI/c1-4-10-21-18(20-2)22-13-15-8-6-11-23(3)17(15)14-7-5-9-16(19)12-14;/h4-5,7,9,12,15,17H,1,6,8,10-11,13H2,2-3H3,(H2,20,21,22);1H. The van der Waals surface area contributed by atoms with Crippen molar-refractivity contribution in [2.24, 2.45) is 10.9 Å². The molecular formula is C18H28ClIN4. The van der Waals surface area contributed by atoms with Crippen LogP contribution in [0.2, 0.25) is 5.02 Å². The molecule has 1 aromatic rings. The number of aliphatic imine (C=N–C) groups is 1. The Morgan fingerprint density at radius 2 is 2.25 bits per heavy atom. The molecule has 0 aliphatic carbocycles. The highest BCUT2D eigenvalue weighted by Crippen LogP contribution is 2.35. The molecule has 0 spiro atoms. The third kappa shape index (κ3) is 5.93. The van der Waals surface area contributed by atoms with Crippen molar-refractivity contribution in [1.82, 2.24) is 15.5 Å². The molecule has 2 atom stereocenters. The summed E-state index contributed by atoms with van der Waals surface area (Å²) in [6.45, 7) is 6.44. The van der Waals surface area contributed by atoms with E-state index in [2.05, 4.69) is 46.3 Å². The monoisotopic (exact) mass is 462 g/mol. The van der Waals surface area contributed by atoms with Gasteiger partial charge in [-0.2, -0.15) is 0 Å². The van der Waals surface area contributed by atoms with E-state index in [9.17, 15) is 0 Å². The minimum Gasteiger partial charge on any atom is -0.356 e. The van der Waals surface area contributed by atoms with Crippen LogP contribution in [0.25, 0.3) is 0 Å². The Morgan fingerprint density at radius 3 is 2.92 bits per heavy atom. The van der Waals surface area contributed by atoms with Crippen LogP contribution in [0.5, 0.6) is 0 Å². The fourth-order valence-electron chi connectivity index (χ4n) is 3.31. The number of likely N-dealkylation sites (tertiary alicyclic amines) is 1. The Morgan fingerprint density at radius 1 is 1.46 bits per heavy atom. The number of guanidine groups is 1. The van der Waals surface area contributed by atoms with Crippen LogP contribution in [0.1, 0.15) is 24.4 Å². The highest BCUT2D eigenvalue weighted by molar-refractivity contribution is 14.0. The molecule has 134 valence electrons. The summed E-state index contributed by atoms with van der Waals surface area (Å²) >= 11 is 6.19. The molecule has 1 fully saturated rings. The maximum absolute atomic E-state index is 6.19. The summed E-state index contributed by atoms with van der Waals surface area (Å²) < 4.78 is 0. The van der Waals surface area contributed by atoms with Gasteiger partial charge in [0.15, 0.2) is 5.96 Å². The van der Waals surface area contributed by atoms with Crippen LogP contribution in [-0.2, 0) is 0 Å². The summed E-state index contributed by atoms with van der Waals surface area (Å²) in [5, 5.41) is 7.46. The molecule has 1 aromatic carbocycles. The van der Waals surface area contributed by atoms with Crippen molar-refractivity contribution in [2.75, 3.05) is 33.7 Å². The molecule has 2 rings (SSSR count). The predicted octanol–water partition coefficient (Wildman–Crippen LogP) is 3.69. The Labute approximate surface area is 167 Å². The molecule has 2 N–H and O–H groups in total. The van der Waals surface area contributed by atoms with Crippen LogP contribution in [0.3, 0.4) is 0 Å². The second-order valence-electron chi connectivity index (χ2n) is 6.01. The lowest BCUT2D eigenvalue weighted by molar-refractivity contribution is 0.122. The molecule has 0 aromatic heterocycles. The molecule has 0 saturated carbocycles.